The number of hydrogen-bond acceptors (Lipinski definition) is 6. The summed E-state index contributed by atoms with van der Waals surface area (Å²) in [5.41, 5.74) is 0.0550. The first-order valence-corrected chi connectivity index (χ1v) is 8.68. The van der Waals surface area contributed by atoms with Crippen molar-refractivity contribution in [2.45, 2.75) is 24.1 Å². The fourth-order valence-electron chi connectivity index (χ4n) is 2.53. The predicted molar refractivity (Wildman–Crippen MR) is 86.5 cm³/mol. The molecule has 0 unspecified atom stereocenters. The van der Waals surface area contributed by atoms with Crippen molar-refractivity contribution in [2.24, 2.45) is 0 Å². The second kappa shape index (κ2) is 6.31. The summed E-state index contributed by atoms with van der Waals surface area (Å²) >= 11 is 13.2. The van der Waals surface area contributed by atoms with Gasteiger partial charge in [0.15, 0.2) is 16.1 Å². The number of aliphatic hydroxyl groups is 1. The highest BCUT2D eigenvalue weighted by molar-refractivity contribution is 7.98. The standard InChI is InChI=1S/C13H13Cl2FN4OS/c1-22-13-17-9-7(10(14)18-11(15)8(9)16)12(19-13)20-4-2-3-6(21)5-20/h6,21H,2-5H2,1H3/t6-/m1/s1. The molecule has 1 aliphatic heterocycles. The van der Waals surface area contributed by atoms with E-state index >= 15 is 0 Å². The van der Waals surface area contributed by atoms with Crippen LogP contribution in [-0.4, -0.2) is 45.5 Å². The van der Waals surface area contributed by atoms with Gasteiger partial charge in [0.25, 0.3) is 0 Å². The molecule has 2 aromatic rings. The van der Waals surface area contributed by atoms with Gasteiger partial charge >= 0.3 is 0 Å². The molecule has 1 fully saturated rings. The molecule has 3 rings (SSSR count). The van der Waals surface area contributed by atoms with Crippen LogP contribution in [0.4, 0.5) is 10.2 Å². The molecule has 3 heterocycles. The SMILES string of the molecule is CSc1nc(N2CCC[C@@H](O)C2)c2c(Cl)nc(Cl)c(F)c2n1. The number of fused-ring (bicyclic) bond motifs is 1. The Balaban J connectivity index is 2.25. The van der Waals surface area contributed by atoms with Crippen LogP contribution in [-0.2, 0) is 0 Å². The van der Waals surface area contributed by atoms with Crippen molar-refractivity contribution in [3.05, 3.63) is 16.1 Å². The molecule has 0 radical (unpaired) electrons. The lowest BCUT2D eigenvalue weighted by Gasteiger charge is -2.31. The third-order valence-electron chi connectivity index (χ3n) is 3.54. The Labute approximate surface area is 140 Å². The van der Waals surface area contributed by atoms with Crippen LogP contribution < -0.4 is 4.90 Å². The molecule has 118 valence electrons. The van der Waals surface area contributed by atoms with Gasteiger partial charge in [-0.25, -0.2) is 19.3 Å². The highest BCUT2D eigenvalue weighted by atomic mass is 35.5. The third kappa shape index (κ3) is 2.82. The maximum atomic E-state index is 14.3. The van der Waals surface area contributed by atoms with Gasteiger partial charge in [0, 0.05) is 13.1 Å². The molecule has 0 aliphatic carbocycles. The Morgan fingerprint density at radius 1 is 1.27 bits per heavy atom. The predicted octanol–water partition coefficient (Wildman–Crippen LogP) is 3.15. The molecule has 9 heteroatoms. The lowest BCUT2D eigenvalue weighted by molar-refractivity contribution is 0.154. The van der Waals surface area contributed by atoms with Gasteiger partial charge in [-0.1, -0.05) is 35.0 Å². The molecule has 5 nitrogen and oxygen atoms in total. The molecular weight excluding hydrogens is 350 g/mol. The topological polar surface area (TPSA) is 62.1 Å². The lowest BCUT2D eigenvalue weighted by atomic mass is 10.1. The summed E-state index contributed by atoms with van der Waals surface area (Å²) in [4.78, 5) is 14.3. The number of hydrogen-bond donors (Lipinski definition) is 1. The van der Waals surface area contributed by atoms with Gasteiger partial charge in [0.2, 0.25) is 0 Å². The zero-order chi connectivity index (χ0) is 15.9. The van der Waals surface area contributed by atoms with Crippen LogP contribution in [0.5, 0.6) is 0 Å². The molecule has 1 aliphatic rings. The fraction of sp³-hybridized carbons (Fsp3) is 0.462. The van der Waals surface area contributed by atoms with Gasteiger partial charge in [-0.3, -0.25) is 0 Å². The summed E-state index contributed by atoms with van der Waals surface area (Å²) in [6, 6.07) is 0. The third-order valence-corrected chi connectivity index (χ3v) is 4.61. The van der Waals surface area contributed by atoms with Crippen LogP contribution in [0.3, 0.4) is 0 Å². The van der Waals surface area contributed by atoms with E-state index in [-0.39, 0.29) is 15.8 Å². The average molecular weight is 363 g/mol. The van der Waals surface area contributed by atoms with E-state index in [0.717, 1.165) is 12.8 Å². The Kier molecular flexibility index (Phi) is 4.59. The Morgan fingerprint density at radius 3 is 2.73 bits per heavy atom. The van der Waals surface area contributed by atoms with Crippen molar-refractivity contribution in [3.8, 4) is 0 Å². The van der Waals surface area contributed by atoms with E-state index < -0.39 is 11.9 Å². The van der Waals surface area contributed by atoms with Crippen LogP contribution in [0.25, 0.3) is 10.9 Å². The van der Waals surface area contributed by atoms with Gasteiger partial charge in [-0.2, -0.15) is 0 Å². The number of pyridine rings is 1. The second-order valence-electron chi connectivity index (χ2n) is 5.01. The van der Waals surface area contributed by atoms with Gasteiger partial charge in [0.05, 0.1) is 11.5 Å². The molecule has 0 aromatic carbocycles. The van der Waals surface area contributed by atoms with Gasteiger partial charge in [-0.05, 0) is 19.1 Å². The normalized spacial score (nSPS) is 19.0. The van der Waals surface area contributed by atoms with E-state index in [9.17, 15) is 9.50 Å². The van der Waals surface area contributed by atoms with Crippen LogP contribution in [0.2, 0.25) is 10.3 Å². The van der Waals surface area contributed by atoms with E-state index in [1.807, 2.05) is 4.90 Å². The van der Waals surface area contributed by atoms with Crippen molar-refractivity contribution in [3.63, 3.8) is 0 Å². The van der Waals surface area contributed by atoms with Gasteiger partial charge < -0.3 is 10.0 Å². The Bertz CT molecular complexity index is 733. The number of halogens is 3. The van der Waals surface area contributed by atoms with E-state index in [0.29, 0.717) is 29.5 Å². The van der Waals surface area contributed by atoms with E-state index in [4.69, 9.17) is 23.2 Å². The molecule has 1 atom stereocenters. The summed E-state index contributed by atoms with van der Waals surface area (Å²) in [6.07, 6.45) is 2.92. The number of rotatable bonds is 2. The van der Waals surface area contributed by atoms with Crippen LogP contribution in [0, 0.1) is 5.82 Å². The van der Waals surface area contributed by atoms with Crippen molar-refractivity contribution in [2.75, 3.05) is 24.2 Å². The van der Waals surface area contributed by atoms with Crippen molar-refractivity contribution >= 4 is 51.7 Å². The number of β-amino-alcohol motifs (C(OH)–C–C–N with tert-alkyl or cyclic N) is 1. The van der Waals surface area contributed by atoms with Crippen LogP contribution >= 0.6 is 35.0 Å². The van der Waals surface area contributed by atoms with Gasteiger partial charge in [-0.15, -0.1) is 0 Å². The fourth-order valence-corrected chi connectivity index (χ4v) is 3.37. The summed E-state index contributed by atoms with van der Waals surface area (Å²) in [7, 11) is 0. The molecule has 1 saturated heterocycles. The first kappa shape index (κ1) is 16.0. The molecule has 0 bridgehead atoms. The number of aliphatic hydroxyl groups excluding tert-OH is 1. The second-order valence-corrected chi connectivity index (χ2v) is 6.50. The van der Waals surface area contributed by atoms with Crippen LogP contribution in [0.15, 0.2) is 5.16 Å². The summed E-state index contributed by atoms with van der Waals surface area (Å²) in [5.74, 6) is -0.223. The highest BCUT2D eigenvalue weighted by Crippen LogP contribution is 2.35. The van der Waals surface area contributed by atoms with Gasteiger partial charge in [0.1, 0.15) is 16.5 Å². The van der Waals surface area contributed by atoms with Crippen molar-refractivity contribution in [1.82, 2.24) is 15.0 Å². The smallest absolute Gasteiger partial charge is 0.189 e. The molecule has 1 N–H and O–H groups in total. The van der Waals surface area contributed by atoms with E-state index in [1.165, 1.54) is 11.8 Å². The first-order valence-electron chi connectivity index (χ1n) is 6.70. The number of piperidine rings is 1. The minimum absolute atomic E-state index is 0.0550. The van der Waals surface area contributed by atoms with Crippen LogP contribution in [0.1, 0.15) is 12.8 Å². The largest absolute Gasteiger partial charge is 0.391 e. The highest BCUT2D eigenvalue weighted by Gasteiger charge is 2.25. The molecule has 0 spiro atoms. The van der Waals surface area contributed by atoms with Crippen molar-refractivity contribution < 1.29 is 9.50 Å². The minimum Gasteiger partial charge on any atom is -0.391 e. The Morgan fingerprint density at radius 2 is 2.05 bits per heavy atom. The quantitative estimate of drug-likeness (QED) is 0.503. The number of aromatic nitrogens is 3. The van der Waals surface area contributed by atoms with Crippen molar-refractivity contribution in [1.29, 1.82) is 0 Å². The zero-order valence-electron chi connectivity index (χ0n) is 11.7. The number of anilines is 1. The minimum atomic E-state index is -0.711. The summed E-state index contributed by atoms with van der Waals surface area (Å²) in [6.45, 7) is 1.12. The lowest BCUT2D eigenvalue weighted by Crippen LogP contribution is -2.39. The summed E-state index contributed by atoms with van der Waals surface area (Å²) < 4.78 is 14.3. The first-order chi connectivity index (χ1) is 10.5. The summed E-state index contributed by atoms with van der Waals surface area (Å²) in [5, 5.41) is 10.4. The molecule has 0 saturated carbocycles. The molecule has 22 heavy (non-hydrogen) atoms. The Hall–Kier alpha value is -0.890. The maximum absolute atomic E-state index is 14.3. The number of nitrogens with zero attached hydrogens (tertiary/aromatic N) is 4. The molecule has 2 aromatic heterocycles. The average Bonchev–Trinajstić information content (AvgIpc) is 2.51. The van der Waals surface area contributed by atoms with E-state index in [2.05, 4.69) is 15.0 Å². The monoisotopic (exact) mass is 362 g/mol. The zero-order valence-corrected chi connectivity index (χ0v) is 14.0. The maximum Gasteiger partial charge on any atom is 0.189 e. The molecule has 0 amide bonds. The molecular formula is C13H13Cl2FN4OS. The number of thioether (sulfide) groups is 1. The van der Waals surface area contributed by atoms with E-state index in [1.54, 1.807) is 6.26 Å².